The molecule has 90 valence electrons. The molecule has 2 heterocycles. The smallest absolute Gasteiger partial charge is 0.268 e. The van der Waals surface area contributed by atoms with Gasteiger partial charge in [0.05, 0.1) is 10.4 Å². The van der Waals surface area contributed by atoms with Crippen LogP contribution in [0.4, 0.5) is 0 Å². The highest BCUT2D eigenvalue weighted by molar-refractivity contribution is 7.13. The summed E-state index contributed by atoms with van der Waals surface area (Å²) in [5.41, 5.74) is 5.99. The van der Waals surface area contributed by atoms with E-state index in [1.807, 2.05) is 17.5 Å². The Morgan fingerprint density at radius 3 is 2.82 bits per heavy atom. The van der Waals surface area contributed by atoms with Crippen LogP contribution in [0.25, 0.3) is 10.8 Å². The second-order valence-electron chi connectivity index (χ2n) is 4.62. The molecule has 4 nitrogen and oxygen atoms in total. The Hall–Kier alpha value is -1.20. The van der Waals surface area contributed by atoms with Crippen molar-refractivity contribution in [3.8, 4) is 10.8 Å². The topological polar surface area (TPSA) is 64.9 Å². The van der Waals surface area contributed by atoms with Gasteiger partial charge in [-0.25, -0.2) is 0 Å². The zero-order chi connectivity index (χ0) is 11.7. The summed E-state index contributed by atoms with van der Waals surface area (Å²) >= 11 is 1.60. The van der Waals surface area contributed by atoms with Crippen molar-refractivity contribution >= 4 is 11.3 Å². The van der Waals surface area contributed by atoms with Gasteiger partial charge < -0.3 is 10.3 Å². The first-order valence-corrected chi connectivity index (χ1v) is 6.83. The first-order chi connectivity index (χ1) is 8.28. The van der Waals surface area contributed by atoms with Crippen molar-refractivity contribution in [3.05, 3.63) is 23.3 Å². The van der Waals surface area contributed by atoms with Crippen molar-refractivity contribution in [3.63, 3.8) is 0 Å². The van der Waals surface area contributed by atoms with Crippen molar-refractivity contribution in [2.45, 2.75) is 37.6 Å². The fourth-order valence-electron chi connectivity index (χ4n) is 2.33. The maximum Gasteiger partial charge on any atom is 0.268 e. The molecule has 2 aromatic heterocycles. The quantitative estimate of drug-likeness (QED) is 0.888. The van der Waals surface area contributed by atoms with E-state index in [1.54, 1.807) is 11.3 Å². The number of rotatable bonds is 2. The van der Waals surface area contributed by atoms with E-state index in [0.717, 1.165) is 30.6 Å². The molecular weight excluding hydrogens is 234 g/mol. The Morgan fingerprint density at radius 1 is 1.29 bits per heavy atom. The molecule has 5 heteroatoms. The maximum atomic E-state index is 6.37. The standard InChI is InChI=1S/C12H15N3OS/c13-12(6-2-1-3-7-12)11-14-10(16-15-11)9-5-4-8-17-9/h4-5,8H,1-3,6-7,13H2. The van der Waals surface area contributed by atoms with E-state index in [2.05, 4.69) is 10.1 Å². The summed E-state index contributed by atoms with van der Waals surface area (Å²) in [6, 6.07) is 3.95. The minimum atomic E-state index is -0.378. The van der Waals surface area contributed by atoms with Gasteiger partial charge in [0.2, 0.25) is 0 Å². The van der Waals surface area contributed by atoms with Gasteiger partial charge in [-0.05, 0) is 24.3 Å². The Bertz CT molecular complexity index is 486. The lowest BCUT2D eigenvalue weighted by Gasteiger charge is -2.29. The molecule has 0 unspecified atom stereocenters. The molecule has 2 aromatic rings. The average molecular weight is 249 g/mol. The number of aromatic nitrogens is 2. The third-order valence-corrected chi connectivity index (χ3v) is 4.21. The molecule has 0 spiro atoms. The van der Waals surface area contributed by atoms with Crippen LogP contribution in [-0.4, -0.2) is 10.1 Å². The number of thiophene rings is 1. The third kappa shape index (κ3) is 2.00. The van der Waals surface area contributed by atoms with Crippen LogP contribution in [0.5, 0.6) is 0 Å². The molecular formula is C12H15N3OS. The lowest BCUT2D eigenvalue weighted by atomic mass is 9.82. The van der Waals surface area contributed by atoms with Gasteiger partial charge in [0.15, 0.2) is 5.82 Å². The SMILES string of the molecule is NC1(c2noc(-c3cccs3)n2)CCCCC1. The summed E-state index contributed by atoms with van der Waals surface area (Å²) in [6.07, 6.45) is 5.47. The molecule has 2 N–H and O–H groups in total. The van der Waals surface area contributed by atoms with Crippen LogP contribution in [0.3, 0.4) is 0 Å². The number of nitrogens with two attached hydrogens (primary N) is 1. The second-order valence-corrected chi connectivity index (χ2v) is 5.56. The fraction of sp³-hybridized carbons (Fsp3) is 0.500. The Kier molecular flexibility index (Phi) is 2.72. The van der Waals surface area contributed by atoms with Crippen LogP contribution in [0, 0.1) is 0 Å². The summed E-state index contributed by atoms with van der Waals surface area (Å²) in [5, 5.41) is 6.06. The second kappa shape index (κ2) is 4.23. The number of nitrogens with zero attached hydrogens (tertiary/aromatic N) is 2. The van der Waals surface area contributed by atoms with Crippen molar-refractivity contribution in [2.75, 3.05) is 0 Å². The van der Waals surface area contributed by atoms with E-state index in [9.17, 15) is 0 Å². The number of hydrogen-bond acceptors (Lipinski definition) is 5. The van der Waals surface area contributed by atoms with Crippen LogP contribution < -0.4 is 5.73 Å². The highest BCUT2D eigenvalue weighted by Crippen LogP contribution is 2.34. The van der Waals surface area contributed by atoms with E-state index in [0.29, 0.717) is 11.7 Å². The van der Waals surface area contributed by atoms with Crippen LogP contribution in [0.1, 0.15) is 37.9 Å². The maximum absolute atomic E-state index is 6.37. The average Bonchev–Trinajstić information content (AvgIpc) is 3.01. The largest absolute Gasteiger partial charge is 0.333 e. The molecule has 0 aliphatic heterocycles. The zero-order valence-electron chi connectivity index (χ0n) is 9.56. The Balaban J connectivity index is 1.89. The van der Waals surface area contributed by atoms with E-state index >= 15 is 0 Å². The molecule has 0 saturated heterocycles. The summed E-state index contributed by atoms with van der Waals surface area (Å²) in [7, 11) is 0. The van der Waals surface area contributed by atoms with Gasteiger partial charge in [-0.2, -0.15) is 4.98 Å². The van der Waals surface area contributed by atoms with Gasteiger partial charge in [0.25, 0.3) is 5.89 Å². The highest BCUT2D eigenvalue weighted by Gasteiger charge is 2.34. The monoisotopic (exact) mass is 249 g/mol. The van der Waals surface area contributed by atoms with Gasteiger partial charge in [0, 0.05) is 0 Å². The van der Waals surface area contributed by atoms with Crippen LogP contribution in [0.15, 0.2) is 22.0 Å². The van der Waals surface area contributed by atoms with Crippen LogP contribution in [-0.2, 0) is 5.54 Å². The molecule has 0 amide bonds. The molecule has 1 aliphatic carbocycles. The molecule has 0 atom stereocenters. The first kappa shape index (κ1) is 10.9. The minimum absolute atomic E-state index is 0.378. The van der Waals surface area contributed by atoms with E-state index in [1.165, 1.54) is 6.42 Å². The van der Waals surface area contributed by atoms with Crippen molar-refractivity contribution in [2.24, 2.45) is 5.73 Å². The lowest BCUT2D eigenvalue weighted by molar-refractivity contribution is 0.275. The van der Waals surface area contributed by atoms with E-state index in [-0.39, 0.29) is 5.54 Å². The van der Waals surface area contributed by atoms with Crippen molar-refractivity contribution in [1.29, 1.82) is 0 Å². The van der Waals surface area contributed by atoms with Gasteiger partial charge in [-0.3, -0.25) is 0 Å². The van der Waals surface area contributed by atoms with Gasteiger partial charge in [-0.15, -0.1) is 11.3 Å². The predicted molar refractivity (Wildman–Crippen MR) is 66.6 cm³/mol. The first-order valence-electron chi connectivity index (χ1n) is 5.95. The van der Waals surface area contributed by atoms with Gasteiger partial charge >= 0.3 is 0 Å². The third-order valence-electron chi connectivity index (χ3n) is 3.35. The fourth-order valence-corrected chi connectivity index (χ4v) is 2.98. The summed E-state index contributed by atoms with van der Waals surface area (Å²) in [5.74, 6) is 1.26. The van der Waals surface area contributed by atoms with Crippen molar-refractivity contribution in [1.82, 2.24) is 10.1 Å². The zero-order valence-corrected chi connectivity index (χ0v) is 10.4. The molecule has 3 rings (SSSR count). The summed E-state index contributed by atoms with van der Waals surface area (Å²) in [6.45, 7) is 0. The molecule has 0 aromatic carbocycles. The summed E-state index contributed by atoms with van der Waals surface area (Å²) < 4.78 is 5.30. The van der Waals surface area contributed by atoms with Crippen LogP contribution >= 0.6 is 11.3 Å². The molecule has 0 radical (unpaired) electrons. The predicted octanol–water partition coefficient (Wildman–Crippen LogP) is 2.92. The number of hydrogen-bond donors (Lipinski definition) is 1. The normalized spacial score (nSPS) is 19.4. The Labute approximate surface area is 104 Å². The molecule has 1 fully saturated rings. The van der Waals surface area contributed by atoms with Gasteiger partial charge in [-0.1, -0.05) is 30.5 Å². The van der Waals surface area contributed by atoms with E-state index < -0.39 is 0 Å². The summed E-state index contributed by atoms with van der Waals surface area (Å²) in [4.78, 5) is 5.46. The Morgan fingerprint density at radius 2 is 2.12 bits per heavy atom. The molecule has 1 saturated carbocycles. The molecule has 17 heavy (non-hydrogen) atoms. The minimum Gasteiger partial charge on any atom is -0.333 e. The highest BCUT2D eigenvalue weighted by atomic mass is 32.1. The molecule has 0 bridgehead atoms. The van der Waals surface area contributed by atoms with Crippen LogP contribution in [0.2, 0.25) is 0 Å². The van der Waals surface area contributed by atoms with Gasteiger partial charge in [0.1, 0.15) is 0 Å². The lowest BCUT2D eigenvalue weighted by Crippen LogP contribution is -2.39. The molecule has 1 aliphatic rings. The van der Waals surface area contributed by atoms with E-state index in [4.69, 9.17) is 10.3 Å². The van der Waals surface area contributed by atoms with Crippen molar-refractivity contribution < 1.29 is 4.52 Å².